The maximum Gasteiger partial charge on any atom is 0.0982 e. The summed E-state index contributed by atoms with van der Waals surface area (Å²) in [4.78, 5) is 5.90. The van der Waals surface area contributed by atoms with Crippen LogP contribution in [0.4, 0.5) is 5.69 Å². The van der Waals surface area contributed by atoms with Crippen molar-refractivity contribution in [3.63, 3.8) is 0 Å². The number of nitrogens with zero attached hydrogens (tertiary/aromatic N) is 1. The van der Waals surface area contributed by atoms with E-state index in [-0.39, 0.29) is 5.41 Å². The van der Waals surface area contributed by atoms with Crippen LogP contribution in [0, 0.1) is 0 Å². The summed E-state index contributed by atoms with van der Waals surface area (Å²) < 4.78 is 1.05. The minimum atomic E-state index is 0.134. The smallest absolute Gasteiger partial charge is 0.0982 e. The largest absolute Gasteiger partial charge is 0.399 e. The van der Waals surface area contributed by atoms with Crippen LogP contribution in [0.25, 0.3) is 0 Å². The molecule has 0 atom stereocenters. The van der Waals surface area contributed by atoms with Gasteiger partial charge in [0.1, 0.15) is 0 Å². The summed E-state index contributed by atoms with van der Waals surface area (Å²) in [7, 11) is 0. The number of nitrogen functional groups attached to an aromatic ring is 1. The van der Waals surface area contributed by atoms with E-state index in [9.17, 15) is 0 Å². The molecule has 0 aliphatic carbocycles. The normalized spacial score (nSPS) is 11.8. The molecule has 0 unspecified atom stereocenters. The molecule has 1 heterocycles. The minimum absolute atomic E-state index is 0.134. The van der Waals surface area contributed by atoms with Gasteiger partial charge >= 0.3 is 0 Å². The third-order valence-electron chi connectivity index (χ3n) is 2.52. The Kier molecular flexibility index (Phi) is 4.58. The molecule has 0 bridgehead atoms. The van der Waals surface area contributed by atoms with E-state index in [2.05, 4.69) is 42.1 Å². The molecule has 102 valence electrons. The topological polar surface area (TPSA) is 38.9 Å². The van der Waals surface area contributed by atoms with Crippen molar-refractivity contribution in [1.82, 2.24) is 4.98 Å². The first-order valence-corrected chi connectivity index (χ1v) is 8.65. The number of halogens is 1. The maximum absolute atomic E-state index is 5.74. The number of benzene rings is 1. The lowest BCUT2D eigenvalue weighted by atomic mass is 9.98. The van der Waals surface area contributed by atoms with Crippen molar-refractivity contribution in [1.29, 1.82) is 0 Å². The molecule has 2 N–H and O–H groups in total. The van der Waals surface area contributed by atoms with E-state index in [1.165, 1.54) is 9.90 Å². The molecule has 19 heavy (non-hydrogen) atoms. The van der Waals surface area contributed by atoms with Gasteiger partial charge in [0.2, 0.25) is 0 Å². The number of aromatic nitrogens is 1. The molecule has 5 heteroatoms. The zero-order valence-corrected chi connectivity index (χ0v) is 14.5. The zero-order chi connectivity index (χ0) is 14.0. The van der Waals surface area contributed by atoms with Crippen LogP contribution in [0.5, 0.6) is 0 Å². The number of thioether (sulfide) groups is 1. The summed E-state index contributed by atoms with van der Waals surface area (Å²) >= 11 is 7.06. The molecule has 0 radical (unpaired) electrons. The van der Waals surface area contributed by atoms with Crippen LogP contribution in [0.3, 0.4) is 0 Å². The van der Waals surface area contributed by atoms with Crippen molar-refractivity contribution in [2.24, 2.45) is 0 Å². The van der Waals surface area contributed by atoms with Crippen molar-refractivity contribution in [2.45, 2.75) is 36.8 Å². The quantitative estimate of drug-likeness (QED) is 0.615. The molecule has 0 saturated heterocycles. The number of hydrogen-bond acceptors (Lipinski definition) is 4. The van der Waals surface area contributed by atoms with Crippen LogP contribution in [-0.4, -0.2) is 4.98 Å². The van der Waals surface area contributed by atoms with E-state index in [0.29, 0.717) is 0 Å². The average molecular weight is 357 g/mol. The van der Waals surface area contributed by atoms with Gasteiger partial charge in [0.05, 0.1) is 10.7 Å². The fourth-order valence-electron chi connectivity index (χ4n) is 1.50. The third kappa shape index (κ3) is 3.97. The predicted molar refractivity (Wildman–Crippen MR) is 88.9 cm³/mol. The molecule has 2 rings (SSSR count). The molecule has 0 aliphatic heterocycles. The highest BCUT2D eigenvalue weighted by molar-refractivity contribution is 9.10. The fraction of sp³-hybridized carbons (Fsp3) is 0.357. The summed E-state index contributed by atoms with van der Waals surface area (Å²) in [5.41, 5.74) is 7.79. The maximum atomic E-state index is 5.74. The molecule has 2 aromatic rings. The highest BCUT2D eigenvalue weighted by Gasteiger charge is 2.17. The Morgan fingerprint density at radius 1 is 1.37 bits per heavy atom. The number of hydrogen-bond donors (Lipinski definition) is 1. The van der Waals surface area contributed by atoms with E-state index in [1.807, 2.05) is 18.2 Å². The van der Waals surface area contributed by atoms with Crippen molar-refractivity contribution in [2.75, 3.05) is 5.73 Å². The fourth-order valence-corrected chi connectivity index (χ4v) is 4.07. The molecule has 2 nitrogen and oxygen atoms in total. The molecule has 1 aromatic heterocycles. The number of thiazole rings is 1. The van der Waals surface area contributed by atoms with Crippen LogP contribution in [0.2, 0.25) is 0 Å². The SMILES string of the molecule is CC(C)(C)c1nc(CSc2ccc(N)cc2Br)cs1. The van der Waals surface area contributed by atoms with Gasteiger partial charge in [-0.05, 0) is 34.1 Å². The Morgan fingerprint density at radius 3 is 2.68 bits per heavy atom. The van der Waals surface area contributed by atoms with Crippen LogP contribution >= 0.6 is 39.0 Å². The van der Waals surface area contributed by atoms with Gasteiger partial charge in [0, 0.05) is 31.6 Å². The molecule has 0 fully saturated rings. The first-order valence-electron chi connectivity index (χ1n) is 5.99. The zero-order valence-electron chi connectivity index (χ0n) is 11.2. The summed E-state index contributed by atoms with van der Waals surface area (Å²) in [5, 5.41) is 3.35. The van der Waals surface area contributed by atoms with E-state index >= 15 is 0 Å². The van der Waals surface area contributed by atoms with Crippen LogP contribution in [0.1, 0.15) is 31.5 Å². The highest BCUT2D eigenvalue weighted by Crippen LogP contribution is 2.33. The first-order chi connectivity index (χ1) is 8.86. The summed E-state index contributed by atoms with van der Waals surface area (Å²) in [6.45, 7) is 6.58. The second kappa shape index (κ2) is 5.85. The van der Waals surface area contributed by atoms with Gasteiger partial charge in [0.15, 0.2) is 0 Å². The molecular weight excluding hydrogens is 340 g/mol. The summed E-state index contributed by atoms with van der Waals surface area (Å²) in [6, 6.07) is 5.90. The third-order valence-corrected chi connectivity index (χ3v) is 5.87. The van der Waals surface area contributed by atoms with Gasteiger partial charge in [-0.1, -0.05) is 20.8 Å². The molecule has 0 amide bonds. The molecule has 0 spiro atoms. The van der Waals surface area contributed by atoms with Crippen molar-refractivity contribution >= 4 is 44.7 Å². The van der Waals surface area contributed by atoms with Gasteiger partial charge in [0.25, 0.3) is 0 Å². The Labute approximate surface area is 131 Å². The predicted octanol–water partition coefficient (Wildman–Crippen LogP) is 5.08. The minimum Gasteiger partial charge on any atom is -0.399 e. The lowest BCUT2D eigenvalue weighted by molar-refractivity contribution is 0.584. The molecular formula is C14H17BrN2S2. The van der Waals surface area contributed by atoms with Gasteiger partial charge in [-0.25, -0.2) is 4.98 Å². The van der Waals surface area contributed by atoms with Gasteiger partial charge in [-0.15, -0.1) is 23.1 Å². The highest BCUT2D eigenvalue weighted by atomic mass is 79.9. The van der Waals surface area contributed by atoms with E-state index in [4.69, 9.17) is 10.7 Å². The lowest BCUT2D eigenvalue weighted by Crippen LogP contribution is -2.10. The van der Waals surface area contributed by atoms with E-state index in [0.717, 1.165) is 21.6 Å². The van der Waals surface area contributed by atoms with E-state index < -0.39 is 0 Å². The molecule has 1 aromatic carbocycles. The second-order valence-corrected chi connectivity index (χ2v) is 8.10. The number of anilines is 1. The van der Waals surface area contributed by atoms with Crippen molar-refractivity contribution in [3.8, 4) is 0 Å². The standard InChI is InChI=1S/C14H17BrN2S2/c1-14(2,3)13-17-10(8-19-13)7-18-12-5-4-9(16)6-11(12)15/h4-6,8H,7,16H2,1-3H3. The van der Waals surface area contributed by atoms with Crippen molar-refractivity contribution in [3.05, 3.63) is 38.8 Å². The Balaban J connectivity index is 2.04. The van der Waals surface area contributed by atoms with Gasteiger partial charge < -0.3 is 5.73 Å². The number of nitrogens with two attached hydrogens (primary N) is 1. The monoisotopic (exact) mass is 356 g/mol. The van der Waals surface area contributed by atoms with Crippen molar-refractivity contribution < 1.29 is 0 Å². The average Bonchev–Trinajstić information content (AvgIpc) is 2.76. The first kappa shape index (κ1) is 14.9. The van der Waals surface area contributed by atoms with Gasteiger partial charge in [-0.2, -0.15) is 0 Å². The molecule has 0 aliphatic rings. The van der Waals surface area contributed by atoms with Crippen LogP contribution in [0.15, 0.2) is 32.9 Å². The summed E-state index contributed by atoms with van der Waals surface area (Å²) in [5.74, 6) is 0.884. The Hall–Kier alpha value is -0.520. The Morgan fingerprint density at radius 2 is 2.11 bits per heavy atom. The van der Waals surface area contributed by atoms with E-state index in [1.54, 1.807) is 23.1 Å². The second-order valence-electron chi connectivity index (χ2n) is 5.37. The van der Waals surface area contributed by atoms with Crippen LogP contribution < -0.4 is 5.73 Å². The Bertz CT molecular complexity index is 573. The van der Waals surface area contributed by atoms with Gasteiger partial charge in [-0.3, -0.25) is 0 Å². The molecule has 0 saturated carbocycles. The van der Waals surface area contributed by atoms with Crippen LogP contribution in [-0.2, 0) is 11.2 Å². The number of rotatable bonds is 3. The summed E-state index contributed by atoms with van der Waals surface area (Å²) in [6.07, 6.45) is 0. The lowest BCUT2D eigenvalue weighted by Gasteiger charge is -2.13.